The highest BCUT2D eigenvalue weighted by Gasteiger charge is 2.35. The molecule has 0 amide bonds. The molecule has 2 nitrogen and oxygen atoms in total. The van der Waals surface area contributed by atoms with E-state index in [9.17, 15) is 0 Å². The third-order valence-corrected chi connectivity index (χ3v) is 3.93. The highest BCUT2D eigenvalue weighted by molar-refractivity contribution is 6.30. The normalized spacial score (nSPS) is 24.8. The van der Waals surface area contributed by atoms with Gasteiger partial charge in [-0.1, -0.05) is 25.4 Å². The van der Waals surface area contributed by atoms with Gasteiger partial charge in [0.1, 0.15) is 5.15 Å². The van der Waals surface area contributed by atoms with E-state index in [-0.39, 0.29) is 11.5 Å². The van der Waals surface area contributed by atoms with Gasteiger partial charge in [0.2, 0.25) is 0 Å². The van der Waals surface area contributed by atoms with Crippen LogP contribution in [0.4, 0.5) is 0 Å². The molecule has 0 aromatic carbocycles. The maximum atomic E-state index is 6.23. The third kappa shape index (κ3) is 1.29. The first-order chi connectivity index (χ1) is 6.43. The van der Waals surface area contributed by atoms with Gasteiger partial charge in [0, 0.05) is 19.3 Å². The minimum Gasteiger partial charge on any atom is -0.341 e. The Kier molecular flexibility index (Phi) is 2.16. The molecule has 0 radical (unpaired) electrons. The lowest BCUT2D eigenvalue weighted by Crippen LogP contribution is -2.33. The van der Waals surface area contributed by atoms with Crippen LogP contribution in [0, 0.1) is 5.41 Å². The molecule has 1 aliphatic rings. The van der Waals surface area contributed by atoms with Gasteiger partial charge in [0.05, 0.1) is 0 Å². The second kappa shape index (κ2) is 3.01. The van der Waals surface area contributed by atoms with E-state index >= 15 is 0 Å². The molecule has 0 saturated heterocycles. The van der Waals surface area contributed by atoms with Gasteiger partial charge < -0.3 is 10.3 Å². The Morgan fingerprint density at radius 3 is 2.86 bits per heavy atom. The van der Waals surface area contributed by atoms with E-state index in [1.807, 2.05) is 11.6 Å². The van der Waals surface area contributed by atoms with E-state index in [2.05, 4.69) is 20.0 Å². The van der Waals surface area contributed by atoms with Crippen LogP contribution in [0.2, 0.25) is 5.15 Å². The van der Waals surface area contributed by atoms with Gasteiger partial charge in [-0.3, -0.25) is 0 Å². The van der Waals surface area contributed by atoms with Crippen LogP contribution in [0.3, 0.4) is 0 Å². The molecule has 1 aromatic heterocycles. The zero-order valence-corrected chi connectivity index (χ0v) is 9.73. The maximum Gasteiger partial charge on any atom is 0.112 e. The van der Waals surface area contributed by atoms with Crippen molar-refractivity contribution in [3.8, 4) is 0 Å². The van der Waals surface area contributed by atoms with Gasteiger partial charge in [-0.05, 0) is 29.4 Å². The molecule has 1 atom stereocenters. The van der Waals surface area contributed by atoms with Crippen molar-refractivity contribution in [2.24, 2.45) is 18.2 Å². The standard InChI is InChI=1S/C11H17ClN2/c1-11(2)5-4-7-8(9(11)13)6-14(3)10(7)12/h6,9H,4-5,13H2,1-3H3. The predicted molar refractivity (Wildman–Crippen MR) is 59.5 cm³/mol. The fourth-order valence-electron chi connectivity index (χ4n) is 2.21. The van der Waals surface area contributed by atoms with E-state index in [1.54, 1.807) is 0 Å². The topological polar surface area (TPSA) is 30.9 Å². The highest BCUT2D eigenvalue weighted by atomic mass is 35.5. The molecule has 1 unspecified atom stereocenters. The number of rotatable bonds is 0. The first-order valence-electron chi connectivity index (χ1n) is 5.02. The fraction of sp³-hybridized carbons (Fsp3) is 0.636. The average molecular weight is 213 g/mol. The molecule has 0 fully saturated rings. The van der Waals surface area contributed by atoms with Crippen molar-refractivity contribution < 1.29 is 0 Å². The summed E-state index contributed by atoms with van der Waals surface area (Å²) in [7, 11) is 1.97. The summed E-state index contributed by atoms with van der Waals surface area (Å²) in [6, 6.07) is 0.116. The van der Waals surface area contributed by atoms with Gasteiger partial charge in [0.15, 0.2) is 0 Å². The zero-order valence-electron chi connectivity index (χ0n) is 8.97. The smallest absolute Gasteiger partial charge is 0.112 e. The summed E-state index contributed by atoms with van der Waals surface area (Å²) < 4.78 is 1.97. The van der Waals surface area contributed by atoms with Gasteiger partial charge in [0.25, 0.3) is 0 Å². The molecular weight excluding hydrogens is 196 g/mol. The van der Waals surface area contributed by atoms with Crippen molar-refractivity contribution in [2.75, 3.05) is 0 Å². The number of aryl methyl sites for hydroxylation is 1. The molecule has 14 heavy (non-hydrogen) atoms. The number of aromatic nitrogens is 1. The molecule has 0 spiro atoms. The number of nitrogens with zero attached hydrogens (tertiary/aromatic N) is 1. The Hall–Kier alpha value is -0.470. The van der Waals surface area contributed by atoms with Crippen LogP contribution < -0.4 is 5.73 Å². The molecule has 0 aliphatic heterocycles. The van der Waals surface area contributed by atoms with Gasteiger partial charge in [-0.25, -0.2) is 0 Å². The highest BCUT2D eigenvalue weighted by Crippen LogP contribution is 2.44. The molecule has 0 bridgehead atoms. The molecule has 1 aromatic rings. The second-order valence-corrected chi connectivity index (χ2v) is 5.29. The van der Waals surface area contributed by atoms with Crippen molar-refractivity contribution in [1.82, 2.24) is 4.57 Å². The maximum absolute atomic E-state index is 6.23. The molecule has 78 valence electrons. The Morgan fingerprint density at radius 2 is 2.21 bits per heavy atom. The molecule has 0 saturated carbocycles. The minimum absolute atomic E-state index is 0.116. The van der Waals surface area contributed by atoms with Crippen molar-refractivity contribution in [2.45, 2.75) is 32.7 Å². The van der Waals surface area contributed by atoms with Crippen LogP contribution in [-0.2, 0) is 13.5 Å². The van der Waals surface area contributed by atoms with E-state index in [1.165, 1.54) is 11.1 Å². The predicted octanol–water partition coefficient (Wildman–Crippen LogP) is 2.65. The fourth-order valence-corrected chi connectivity index (χ4v) is 2.47. The number of nitrogens with two attached hydrogens (primary N) is 1. The lowest BCUT2D eigenvalue weighted by Gasteiger charge is -2.36. The summed E-state index contributed by atoms with van der Waals surface area (Å²) in [5.74, 6) is 0. The van der Waals surface area contributed by atoms with Gasteiger partial charge >= 0.3 is 0 Å². The van der Waals surface area contributed by atoms with Crippen molar-refractivity contribution in [3.05, 3.63) is 22.5 Å². The van der Waals surface area contributed by atoms with Gasteiger partial charge in [-0.15, -0.1) is 0 Å². The Balaban J connectivity index is 2.52. The molecule has 3 heteroatoms. The quantitative estimate of drug-likeness (QED) is 0.705. The van der Waals surface area contributed by atoms with Crippen LogP contribution in [0.1, 0.15) is 37.4 Å². The summed E-state index contributed by atoms with van der Waals surface area (Å²) in [6.07, 6.45) is 4.24. The second-order valence-electron chi connectivity index (χ2n) is 4.93. The van der Waals surface area contributed by atoms with Crippen LogP contribution in [0.25, 0.3) is 0 Å². The van der Waals surface area contributed by atoms with E-state index < -0.39 is 0 Å². The largest absolute Gasteiger partial charge is 0.341 e. The first-order valence-corrected chi connectivity index (χ1v) is 5.40. The molecule has 2 rings (SSSR count). The van der Waals surface area contributed by atoms with E-state index in [4.69, 9.17) is 17.3 Å². The number of fused-ring (bicyclic) bond motifs is 1. The zero-order chi connectivity index (χ0) is 10.5. The number of halogens is 1. The van der Waals surface area contributed by atoms with E-state index in [0.29, 0.717) is 0 Å². The molecule has 2 N–H and O–H groups in total. The Labute approximate surface area is 90.0 Å². The van der Waals surface area contributed by atoms with Crippen LogP contribution >= 0.6 is 11.6 Å². The molecule has 1 aliphatic carbocycles. The third-order valence-electron chi connectivity index (χ3n) is 3.44. The first kappa shape index (κ1) is 10.1. The Morgan fingerprint density at radius 1 is 1.57 bits per heavy atom. The van der Waals surface area contributed by atoms with Crippen molar-refractivity contribution >= 4 is 11.6 Å². The van der Waals surface area contributed by atoms with E-state index in [0.717, 1.165) is 18.0 Å². The summed E-state index contributed by atoms with van der Waals surface area (Å²) >= 11 is 6.19. The SMILES string of the molecule is Cn1cc2c(c1Cl)CCC(C)(C)C2N. The summed E-state index contributed by atoms with van der Waals surface area (Å²) in [5, 5.41) is 0.853. The van der Waals surface area contributed by atoms with Gasteiger partial charge in [-0.2, -0.15) is 0 Å². The number of hydrogen-bond donors (Lipinski definition) is 1. The van der Waals surface area contributed by atoms with Crippen molar-refractivity contribution in [1.29, 1.82) is 0 Å². The monoisotopic (exact) mass is 212 g/mol. The van der Waals surface area contributed by atoms with Crippen LogP contribution in [-0.4, -0.2) is 4.57 Å². The van der Waals surface area contributed by atoms with Crippen LogP contribution in [0.5, 0.6) is 0 Å². The Bertz CT molecular complexity index is 366. The summed E-state index contributed by atoms with van der Waals surface area (Å²) in [6.45, 7) is 4.45. The summed E-state index contributed by atoms with van der Waals surface area (Å²) in [4.78, 5) is 0. The number of hydrogen-bond acceptors (Lipinski definition) is 1. The van der Waals surface area contributed by atoms with Crippen molar-refractivity contribution in [3.63, 3.8) is 0 Å². The lowest BCUT2D eigenvalue weighted by atomic mass is 9.72. The summed E-state index contributed by atoms with van der Waals surface area (Å²) in [5.41, 5.74) is 8.91. The molecule has 1 heterocycles. The average Bonchev–Trinajstić information content (AvgIpc) is 2.38. The molecular formula is C11H17ClN2. The lowest BCUT2D eigenvalue weighted by molar-refractivity contribution is 0.250. The minimum atomic E-state index is 0.116. The van der Waals surface area contributed by atoms with Crippen LogP contribution in [0.15, 0.2) is 6.20 Å².